The maximum Gasteiger partial charge on any atom is 0.254 e. The van der Waals surface area contributed by atoms with Gasteiger partial charge in [-0.2, -0.15) is 0 Å². The Balaban J connectivity index is 0.585. The molecule has 6 aromatic rings. The maximum absolute atomic E-state index is 14.6. The standard InChI is InChI=1S/C62H76N12O9S/c1-36(2)56(61(78)73-34-44(75)27-51(73)60(77)66-57(62(79)70(4)40-8-7-9-40)38-12-14-39(15-13-38)58-37(3)65-35-84-58)53-31-55(69-83-53)80-25-24-71-22-19-45(20-23-71)81-46-28-47(29-46)82-54-26-41(18-21-64-54)74-42-16-17-43(74)33-72(32-42)50-30-49(67-68-59(50)63)48-10-5-6-11-52(48)76/h5-6,10-15,18,21,26,30-31,35-36,40,42-47,51,56-57,75-76H,7-9,16-17,19-20,22-25,27-29,32-34H2,1-4H3,(H2,63,68)(H,66,77)/t42?,43?,44-,46?,47?,51+,56-,57-/m1/s1. The van der Waals surface area contributed by atoms with E-state index in [9.17, 15) is 24.6 Å². The number of rotatable bonds is 20. The van der Waals surface area contributed by atoms with Crippen LogP contribution in [-0.4, -0.2) is 169 Å². The van der Waals surface area contributed by atoms with Gasteiger partial charge < -0.3 is 59.6 Å². The van der Waals surface area contributed by atoms with Crippen LogP contribution in [-0.2, 0) is 19.1 Å². The SMILES string of the molecule is Cc1ncsc1-c1ccc([C@@H](NC(=O)[C@@H]2C[C@@H](O)CN2C(=O)[C@@H](c2cc(OCCN3CCC(OC4CC(Oc5cc(N6C7CCC6CN(c6cc(-c8ccccc8O)nnc6N)C7)ccn5)C4)CC3)no2)C(C)C)C(=O)N(C)C2CCC2)cc1. The van der Waals surface area contributed by atoms with E-state index in [1.54, 1.807) is 47.0 Å². The van der Waals surface area contributed by atoms with Crippen molar-refractivity contribution >= 4 is 46.3 Å². The molecule has 2 aromatic carbocycles. The van der Waals surface area contributed by atoms with E-state index < -0.39 is 30.0 Å². The van der Waals surface area contributed by atoms with E-state index in [4.69, 9.17) is 24.5 Å². The first-order chi connectivity index (χ1) is 40.7. The molecule has 4 aromatic heterocycles. The number of phenolic OH excluding ortho intramolecular Hbond substituents is 1. The number of nitrogens with zero attached hydrogens (tertiary/aromatic N) is 10. The number of aromatic hydroxyl groups is 1. The zero-order valence-electron chi connectivity index (χ0n) is 48.2. The summed E-state index contributed by atoms with van der Waals surface area (Å²) in [5.74, 6) is -0.416. The number of aromatic nitrogens is 5. The molecule has 22 heteroatoms. The van der Waals surface area contributed by atoms with Crippen LogP contribution in [0.15, 0.2) is 89.0 Å². The van der Waals surface area contributed by atoms with E-state index in [0.29, 0.717) is 47.4 Å². The van der Waals surface area contributed by atoms with Crippen molar-refractivity contribution in [2.75, 3.05) is 68.5 Å². The Morgan fingerprint density at radius 1 is 0.881 bits per heavy atom. The summed E-state index contributed by atoms with van der Waals surface area (Å²) in [6, 6.07) is 21.1. The lowest BCUT2D eigenvalue weighted by molar-refractivity contribution is -0.143. The number of β-amino-alcohol motifs (C(OH)–C–C–N with tert-alkyl or cyclic N) is 1. The number of benzene rings is 2. The van der Waals surface area contributed by atoms with Crippen LogP contribution in [0.3, 0.4) is 0 Å². The third-order valence-electron chi connectivity index (χ3n) is 18.1. The summed E-state index contributed by atoms with van der Waals surface area (Å²) in [6.07, 6.45) is 9.73. The third-order valence-corrected chi connectivity index (χ3v) is 19.1. The highest BCUT2D eigenvalue weighted by Crippen LogP contribution is 2.41. The van der Waals surface area contributed by atoms with Gasteiger partial charge in [0.25, 0.3) is 5.88 Å². The smallest absolute Gasteiger partial charge is 0.254 e. The number of aliphatic hydroxyl groups excluding tert-OH is 1. The minimum absolute atomic E-state index is 0.0299. The predicted molar refractivity (Wildman–Crippen MR) is 317 cm³/mol. The minimum Gasteiger partial charge on any atom is -0.507 e. The number of piperidine rings is 1. The Morgan fingerprint density at radius 2 is 1.64 bits per heavy atom. The zero-order chi connectivity index (χ0) is 58.2. The Morgan fingerprint density at radius 3 is 2.35 bits per heavy atom. The lowest BCUT2D eigenvalue weighted by Crippen LogP contribution is -2.54. The number of likely N-dealkylation sites (N-methyl/N-ethyl adjacent to an activating group) is 1. The number of nitrogen functional groups attached to an aromatic ring is 1. The fraction of sp³-hybridized carbons (Fsp3) is 0.516. The number of aryl methyl sites for hydroxylation is 1. The van der Waals surface area contributed by atoms with Crippen LogP contribution >= 0.6 is 11.3 Å². The minimum atomic E-state index is -1.01. The van der Waals surface area contributed by atoms with Crippen LogP contribution in [0.5, 0.6) is 17.5 Å². The number of carbonyl (C=O) groups excluding carboxylic acids is 3. The number of ether oxygens (including phenoxy) is 3. The number of piperazine rings is 1. The number of amides is 3. The number of anilines is 3. The molecule has 12 rings (SSSR count). The summed E-state index contributed by atoms with van der Waals surface area (Å²) in [6.45, 7) is 10.1. The van der Waals surface area contributed by atoms with Gasteiger partial charge in [0.2, 0.25) is 23.6 Å². The second-order valence-electron chi connectivity index (χ2n) is 24.0. The van der Waals surface area contributed by atoms with Crippen molar-refractivity contribution in [3.8, 4) is 39.2 Å². The predicted octanol–water partition coefficient (Wildman–Crippen LogP) is 7.14. The summed E-state index contributed by atoms with van der Waals surface area (Å²) < 4.78 is 24.9. The van der Waals surface area contributed by atoms with Gasteiger partial charge in [-0.15, -0.1) is 21.5 Å². The molecular formula is C62H76N12O9S. The third kappa shape index (κ3) is 12.1. The van der Waals surface area contributed by atoms with Crippen LogP contribution in [0.4, 0.5) is 17.2 Å². The highest BCUT2D eigenvalue weighted by molar-refractivity contribution is 7.13. The van der Waals surface area contributed by atoms with Crippen LogP contribution in [0.25, 0.3) is 21.7 Å². The molecule has 6 atom stereocenters. The number of phenols is 1. The molecule has 2 unspecified atom stereocenters. The van der Waals surface area contributed by atoms with Gasteiger partial charge in [0.15, 0.2) is 11.6 Å². The number of likely N-dealkylation sites (tertiary alicyclic amines) is 2. The molecule has 3 amide bonds. The molecule has 0 radical (unpaired) electrons. The van der Waals surface area contributed by atoms with Gasteiger partial charge in [-0.3, -0.25) is 19.3 Å². The molecule has 4 aliphatic heterocycles. The number of nitrogens with one attached hydrogen (secondary N) is 1. The van der Waals surface area contributed by atoms with Gasteiger partial charge in [-0.25, -0.2) is 9.97 Å². The Bertz CT molecular complexity index is 3280. The number of nitrogens with two attached hydrogens (primary N) is 1. The van der Waals surface area contributed by atoms with Gasteiger partial charge in [0.1, 0.15) is 36.5 Å². The van der Waals surface area contributed by atoms with Crippen LogP contribution in [0.1, 0.15) is 107 Å². The van der Waals surface area contributed by atoms with Crippen molar-refractivity contribution in [3.63, 3.8) is 0 Å². The number of fused-ring (bicyclic) bond motifs is 2. The Labute approximate surface area is 493 Å². The summed E-state index contributed by atoms with van der Waals surface area (Å²) in [4.78, 5) is 63.4. The summed E-state index contributed by atoms with van der Waals surface area (Å²) in [7, 11) is 1.78. The molecule has 6 aliphatic rings. The molecule has 2 saturated carbocycles. The van der Waals surface area contributed by atoms with Gasteiger partial charge >= 0.3 is 0 Å². The number of hydrogen-bond donors (Lipinski definition) is 4. The van der Waals surface area contributed by atoms with Gasteiger partial charge in [-0.1, -0.05) is 50.2 Å². The molecule has 6 fully saturated rings. The van der Waals surface area contributed by atoms with Crippen LogP contribution in [0.2, 0.25) is 0 Å². The van der Waals surface area contributed by atoms with Crippen LogP contribution < -0.4 is 30.3 Å². The normalized spacial score (nSPS) is 23.5. The highest BCUT2D eigenvalue weighted by Gasteiger charge is 2.46. The van der Waals surface area contributed by atoms with Gasteiger partial charge in [0, 0.05) is 113 Å². The van der Waals surface area contributed by atoms with E-state index in [0.717, 1.165) is 111 Å². The number of thiazole rings is 1. The average molecular weight is 1170 g/mol. The lowest BCUT2D eigenvalue weighted by atomic mass is 9.90. The van der Waals surface area contributed by atoms with E-state index in [1.165, 1.54) is 4.90 Å². The number of carbonyl (C=O) groups is 3. The van der Waals surface area contributed by atoms with E-state index >= 15 is 0 Å². The second-order valence-corrected chi connectivity index (χ2v) is 24.8. The summed E-state index contributed by atoms with van der Waals surface area (Å²) >= 11 is 1.54. The van der Waals surface area contributed by atoms with Gasteiger partial charge in [0.05, 0.1) is 45.8 Å². The first kappa shape index (κ1) is 57.1. The number of aliphatic hydroxyl groups is 1. The fourth-order valence-electron chi connectivity index (χ4n) is 13.1. The van der Waals surface area contributed by atoms with Gasteiger partial charge in [-0.05, 0) is 98.3 Å². The monoisotopic (exact) mass is 1160 g/mol. The molecule has 8 heterocycles. The van der Waals surface area contributed by atoms with E-state index in [-0.39, 0.29) is 78.8 Å². The molecule has 21 nitrogen and oxygen atoms in total. The van der Waals surface area contributed by atoms with Crippen molar-refractivity contribution in [2.45, 2.75) is 146 Å². The van der Waals surface area contributed by atoms with Crippen molar-refractivity contribution in [1.82, 2.24) is 45.3 Å². The van der Waals surface area contributed by atoms with Crippen molar-refractivity contribution in [2.24, 2.45) is 5.92 Å². The van der Waals surface area contributed by atoms with E-state index in [2.05, 4.69) is 57.5 Å². The molecule has 0 spiro atoms. The van der Waals surface area contributed by atoms with Crippen molar-refractivity contribution < 1.29 is 43.3 Å². The largest absolute Gasteiger partial charge is 0.507 e. The van der Waals surface area contributed by atoms with E-state index in [1.807, 2.05) is 69.4 Å². The first-order valence-corrected chi connectivity index (χ1v) is 30.7. The molecular weight excluding hydrogens is 1090 g/mol. The summed E-state index contributed by atoms with van der Waals surface area (Å²) in [5, 5.41) is 37.2. The topological polar surface area (TPSA) is 251 Å². The highest BCUT2D eigenvalue weighted by atomic mass is 32.1. The second kappa shape index (κ2) is 24.7. The van der Waals surface area contributed by atoms with Crippen molar-refractivity contribution in [1.29, 1.82) is 0 Å². The molecule has 4 saturated heterocycles. The quantitative estimate of drug-likeness (QED) is 0.0592. The van der Waals surface area contributed by atoms with Crippen molar-refractivity contribution in [3.05, 3.63) is 102 Å². The zero-order valence-corrected chi connectivity index (χ0v) is 49.0. The molecule has 444 valence electrons. The molecule has 2 aliphatic carbocycles. The summed E-state index contributed by atoms with van der Waals surface area (Å²) in [5.41, 5.74) is 13.9. The molecule has 84 heavy (non-hydrogen) atoms. The molecule has 2 bridgehead atoms. The van der Waals surface area contributed by atoms with Crippen LogP contribution in [0, 0.1) is 12.8 Å². The first-order valence-electron chi connectivity index (χ1n) is 29.8. The number of pyridine rings is 1. The fourth-order valence-corrected chi connectivity index (χ4v) is 13.9. The maximum atomic E-state index is 14.6. The average Bonchev–Trinajstić information content (AvgIpc) is 2.57. The number of para-hydroxylation sites is 1. The number of hydrogen-bond acceptors (Lipinski definition) is 19. The molecule has 5 N–H and O–H groups in total. The Hall–Kier alpha value is -7.40. The Kier molecular flexibility index (Phi) is 16.8. The lowest BCUT2D eigenvalue weighted by Gasteiger charge is -2.43.